The van der Waals surface area contributed by atoms with E-state index in [1.54, 1.807) is 7.11 Å². The fraction of sp³-hybridized carbons (Fsp3) is 0.583. The molecule has 0 bridgehead atoms. The second kappa shape index (κ2) is 9.69. The Balaban J connectivity index is 1.88. The molecular weight excluding hydrogens is 384 g/mol. The number of aliphatic hydroxyl groups excluding tert-OH is 3. The molecule has 0 aromatic heterocycles. The van der Waals surface area contributed by atoms with Crippen LogP contribution in [0.4, 0.5) is 0 Å². The van der Waals surface area contributed by atoms with Crippen LogP contribution in [0.25, 0.3) is 0 Å². The van der Waals surface area contributed by atoms with Crippen molar-refractivity contribution in [3.05, 3.63) is 52.6 Å². The average molecular weight is 419 g/mol. The first kappa shape index (κ1) is 22.4. The van der Waals surface area contributed by atoms with Gasteiger partial charge in [0.05, 0.1) is 31.2 Å². The molecule has 0 amide bonds. The van der Waals surface area contributed by atoms with Gasteiger partial charge in [-0.3, -0.25) is 0 Å². The summed E-state index contributed by atoms with van der Waals surface area (Å²) in [6.45, 7) is 6.59. The number of methoxy groups -OCH3 is 1. The Kier molecular flexibility index (Phi) is 7.49. The van der Waals surface area contributed by atoms with Crippen LogP contribution in [-0.2, 0) is 6.42 Å². The molecule has 0 spiro atoms. The normalized spacial score (nSPS) is 29.8. The lowest BCUT2D eigenvalue weighted by atomic mass is 9.85. The van der Waals surface area contributed by atoms with Crippen LogP contribution in [-0.4, -0.2) is 46.5 Å². The highest BCUT2D eigenvalue weighted by molar-refractivity contribution is 8.00. The third-order valence-corrected chi connectivity index (χ3v) is 7.76. The Morgan fingerprint density at radius 3 is 2.59 bits per heavy atom. The predicted octanol–water partition coefficient (Wildman–Crippen LogP) is 3.97. The van der Waals surface area contributed by atoms with E-state index in [9.17, 15) is 15.3 Å². The van der Waals surface area contributed by atoms with Gasteiger partial charge in [-0.25, -0.2) is 0 Å². The molecule has 3 rings (SSSR count). The molecule has 5 atom stereocenters. The molecule has 1 saturated heterocycles. The molecule has 4 nitrogen and oxygen atoms in total. The zero-order chi connectivity index (χ0) is 21.1. The van der Waals surface area contributed by atoms with E-state index < -0.39 is 12.2 Å². The van der Waals surface area contributed by atoms with Gasteiger partial charge < -0.3 is 20.1 Å². The lowest BCUT2D eigenvalue weighted by Gasteiger charge is -2.36. The van der Waals surface area contributed by atoms with E-state index >= 15 is 0 Å². The maximum absolute atomic E-state index is 10.7. The largest absolute Gasteiger partial charge is 0.496 e. The van der Waals surface area contributed by atoms with Gasteiger partial charge in [-0.2, -0.15) is 0 Å². The molecule has 1 unspecified atom stereocenters. The molecule has 0 saturated carbocycles. The van der Waals surface area contributed by atoms with Crippen LogP contribution in [0.1, 0.15) is 48.6 Å². The maximum atomic E-state index is 10.7. The van der Waals surface area contributed by atoms with E-state index in [0.717, 1.165) is 29.7 Å². The molecule has 1 aliphatic carbocycles. The van der Waals surface area contributed by atoms with Crippen molar-refractivity contribution in [3.63, 3.8) is 0 Å². The first-order valence-electron chi connectivity index (χ1n) is 10.5. The third kappa shape index (κ3) is 5.08. The van der Waals surface area contributed by atoms with Crippen molar-refractivity contribution in [3.8, 4) is 5.75 Å². The Labute approximate surface area is 178 Å². The highest BCUT2D eigenvalue weighted by Crippen LogP contribution is 2.46. The van der Waals surface area contributed by atoms with Gasteiger partial charge >= 0.3 is 0 Å². The van der Waals surface area contributed by atoms with E-state index in [-0.39, 0.29) is 17.1 Å². The second-order valence-electron chi connectivity index (χ2n) is 8.63. The number of thioether (sulfide) groups is 1. The second-order valence-corrected chi connectivity index (χ2v) is 10.1. The Morgan fingerprint density at radius 1 is 1.24 bits per heavy atom. The summed E-state index contributed by atoms with van der Waals surface area (Å²) in [7, 11) is 1.64. The number of hydrogen-bond acceptors (Lipinski definition) is 5. The maximum Gasteiger partial charge on any atom is 0.123 e. The molecule has 2 aliphatic rings. The molecule has 1 fully saturated rings. The van der Waals surface area contributed by atoms with Gasteiger partial charge in [0.2, 0.25) is 0 Å². The van der Waals surface area contributed by atoms with Gasteiger partial charge in [0.25, 0.3) is 0 Å². The quantitative estimate of drug-likeness (QED) is 0.652. The summed E-state index contributed by atoms with van der Waals surface area (Å²) < 4.78 is 5.62. The number of aliphatic hydroxyl groups is 3. The lowest BCUT2D eigenvalue weighted by Crippen LogP contribution is -2.39. The highest BCUT2D eigenvalue weighted by atomic mass is 32.2. The fourth-order valence-electron chi connectivity index (χ4n) is 4.19. The average Bonchev–Trinajstić information content (AvgIpc) is 2.71. The van der Waals surface area contributed by atoms with Crippen LogP contribution in [0.2, 0.25) is 0 Å². The number of ether oxygens (including phenoxy) is 1. The van der Waals surface area contributed by atoms with Crippen molar-refractivity contribution in [2.45, 2.75) is 62.7 Å². The van der Waals surface area contributed by atoms with Crippen molar-refractivity contribution in [2.75, 3.05) is 13.7 Å². The van der Waals surface area contributed by atoms with Gasteiger partial charge in [-0.1, -0.05) is 38.1 Å². The van der Waals surface area contributed by atoms with Crippen LogP contribution in [0.3, 0.4) is 0 Å². The van der Waals surface area contributed by atoms with Gasteiger partial charge in [0.1, 0.15) is 5.75 Å². The number of rotatable bonds is 6. The highest BCUT2D eigenvalue weighted by Gasteiger charge is 2.38. The van der Waals surface area contributed by atoms with Crippen LogP contribution in [0.15, 0.2) is 35.9 Å². The summed E-state index contributed by atoms with van der Waals surface area (Å²) in [5, 5.41) is 30.1. The standard InChI is InChI=1S/C24H34O4S/c1-14(2)17-7-5-16(6-8-17)10-18-11-20(22(28-4)9-15(18)3)24-23(27)21(26)12-19(13-25)29-24/h5-7,9,11,14,17,19,21,23-27H,8,10,12-13H2,1-4H3/t17?,19-,21-,23+,24-/m0/s1. The summed E-state index contributed by atoms with van der Waals surface area (Å²) in [6.07, 6.45) is 7.49. The smallest absolute Gasteiger partial charge is 0.123 e. The van der Waals surface area contributed by atoms with E-state index in [4.69, 9.17) is 4.74 Å². The van der Waals surface area contributed by atoms with E-state index in [2.05, 4.69) is 45.1 Å². The topological polar surface area (TPSA) is 69.9 Å². The van der Waals surface area contributed by atoms with Crippen molar-refractivity contribution < 1.29 is 20.1 Å². The third-order valence-electron chi connectivity index (χ3n) is 6.21. The first-order valence-corrected chi connectivity index (χ1v) is 11.4. The van der Waals surface area contributed by atoms with Gasteiger partial charge in [0, 0.05) is 10.8 Å². The van der Waals surface area contributed by atoms with Crippen molar-refractivity contribution >= 4 is 11.8 Å². The lowest BCUT2D eigenvalue weighted by molar-refractivity contribution is 0.00496. The molecule has 160 valence electrons. The van der Waals surface area contributed by atoms with E-state index in [1.165, 1.54) is 22.9 Å². The Bertz CT molecular complexity index is 770. The minimum Gasteiger partial charge on any atom is -0.496 e. The minimum absolute atomic E-state index is 0.0132. The number of benzene rings is 1. The molecule has 1 aromatic carbocycles. The number of aryl methyl sites for hydroxylation is 1. The Morgan fingerprint density at radius 2 is 2.00 bits per heavy atom. The SMILES string of the molecule is COc1cc(C)c(CC2=CCC(C(C)C)C=C2)cc1[C@@H]1S[C@H](CO)C[C@H](O)[C@H]1O. The number of hydrogen-bond donors (Lipinski definition) is 3. The van der Waals surface area contributed by atoms with E-state index in [0.29, 0.717) is 18.3 Å². The monoisotopic (exact) mass is 418 g/mol. The summed E-state index contributed by atoms with van der Waals surface area (Å²) in [4.78, 5) is 0. The zero-order valence-electron chi connectivity index (χ0n) is 17.8. The summed E-state index contributed by atoms with van der Waals surface area (Å²) in [5.74, 6) is 1.98. The summed E-state index contributed by atoms with van der Waals surface area (Å²) in [5.41, 5.74) is 4.56. The van der Waals surface area contributed by atoms with Crippen LogP contribution in [0.5, 0.6) is 5.75 Å². The van der Waals surface area contributed by atoms with Crippen LogP contribution < -0.4 is 4.74 Å². The molecule has 0 radical (unpaired) electrons. The van der Waals surface area contributed by atoms with Crippen molar-refractivity contribution in [1.82, 2.24) is 0 Å². The van der Waals surface area contributed by atoms with E-state index in [1.807, 2.05) is 6.07 Å². The Hall–Kier alpha value is -1.27. The van der Waals surface area contributed by atoms with Gasteiger partial charge in [-0.05, 0) is 60.8 Å². The molecule has 1 aliphatic heterocycles. The van der Waals surface area contributed by atoms with Crippen molar-refractivity contribution in [1.29, 1.82) is 0 Å². The molecule has 29 heavy (non-hydrogen) atoms. The molecule has 1 heterocycles. The van der Waals surface area contributed by atoms with Gasteiger partial charge in [0.15, 0.2) is 0 Å². The summed E-state index contributed by atoms with van der Waals surface area (Å²) in [6, 6.07) is 4.14. The minimum atomic E-state index is -0.882. The van der Waals surface area contributed by atoms with Crippen molar-refractivity contribution in [2.24, 2.45) is 11.8 Å². The first-order chi connectivity index (χ1) is 13.8. The molecule has 5 heteroatoms. The van der Waals surface area contributed by atoms with Crippen LogP contribution in [0, 0.1) is 18.8 Å². The van der Waals surface area contributed by atoms with Crippen LogP contribution >= 0.6 is 11.8 Å². The molecule has 3 N–H and O–H groups in total. The molecule has 1 aromatic rings. The fourth-order valence-corrected chi connectivity index (χ4v) is 5.67. The zero-order valence-corrected chi connectivity index (χ0v) is 18.7. The predicted molar refractivity (Wildman–Crippen MR) is 119 cm³/mol. The molecular formula is C24H34O4S. The number of allylic oxidation sites excluding steroid dienone is 4. The van der Waals surface area contributed by atoms with Gasteiger partial charge in [-0.15, -0.1) is 11.8 Å². The summed E-state index contributed by atoms with van der Waals surface area (Å²) >= 11 is 1.52.